The zero-order chi connectivity index (χ0) is 13.8. The highest BCUT2D eigenvalue weighted by atomic mass is 35.5. The lowest BCUT2D eigenvalue weighted by Gasteiger charge is -2.38. The number of hydrogen-bond acceptors (Lipinski definition) is 2. The van der Waals surface area contributed by atoms with Gasteiger partial charge in [-0.3, -0.25) is 0 Å². The fourth-order valence-electron chi connectivity index (χ4n) is 2.50. The lowest BCUT2D eigenvalue weighted by molar-refractivity contribution is 0.174. The van der Waals surface area contributed by atoms with Crippen molar-refractivity contribution in [2.24, 2.45) is 5.41 Å². The number of nitrogens with zero attached hydrogens (tertiary/aromatic N) is 1. The summed E-state index contributed by atoms with van der Waals surface area (Å²) in [5.74, 6) is 0.771. The molecule has 0 amide bonds. The third kappa shape index (κ3) is 4.71. The van der Waals surface area contributed by atoms with E-state index in [1.807, 2.05) is 0 Å². The van der Waals surface area contributed by atoms with E-state index >= 15 is 0 Å². The van der Waals surface area contributed by atoms with Crippen molar-refractivity contribution in [3.63, 3.8) is 0 Å². The highest BCUT2D eigenvalue weighted by Gasteiger charge is 2.32. The molecule has 5 heteroatoms. The van der Waals surface area contributed by atoms with Gasteiger partial charge in [0.25, 0.3) is 0 Å². The van der Waals surface area contributed by atoms with E-state index in [9.17, 15) is 8.42 Å². The average molecular weight is 296 g/mol. The molecule has 0 spiro atoms. The zero-order valence-corrected chi connectivity index (χ0v) is 13.4. The number of sulfonamides is 1. The van der Waals surface area contributed by atoms with Gasteiger partial charge in [-0.25, -0.2) is 12.7 Å². The van der Waals surface area contributed by atoms with Crippen LogP contribution < -0.4 is 0 Å². The highest BCUT2D eigenvalue weighted by Crippen LogP contribution is 2.37. The second kappa shape index (κ2) is 6.58. The first-order chi connectivity index (χ1) is 8.28. The van der Waals surface area contributed by atoms with Crippen molar-refractivity contribution in [2.75, 3.05) is 18.7 Å². The van der Waals surface area contributed by atoms with Crippen LogP contribution in [0.2, 0.25) is 0 Å². The van der Waals surface area contributed by atoms with E-state index in [4.69, 9.17) is 11.6 Å². The number of halogens is 1. The fourth-order valence-corrected chi connectivity index (χ4v) is 4.21. The molecule has 1 aliphatic carbocycles. The van der Waals surface area contributed by atoms with Crippen LogP contribution in [0.1, 0.15) is 52.4 Å². The summed E-state index contributed by atoms with van der Waals surface area (Å²) in [5, 5.41) is 0. The Bertz CT molecular complexity index is 344. The van der Waals surface area contributed by atoms with Crippen molar-refractivity contribution in [3.8, 4) is 0 Å². The van der Waals surface area contributed by atoms with Crippen LogP contribution in [0.15, 0.2) is 0 Å². The molecule has 1 rings (SSSR count). The fraction of sp³-hybridized carbons (Fsp3) is 1.00. The Labute approximate surface area is 117 Å². The molecule has 0 aromatic heterocycles. The van der Waals surface area contributed by atoms with Crippen LogP contribution in [0.25, 0.3) is 0 Å². The van der Waals surface area contributed by atoms with Gasteiger partial charge in [0.15, 0.2) is 0 Å². The number of rotatable bonds is 6. The van der Waals surface area contributed by atoms with Gasteiger partial charge in [-0.1, -0.05) is 13.8 Å². The smallest absolute Gasteiger partial charge is 0.212 e. The van der Waals surface area contributed by atoms with Gasteiger partial charge in [-0.05, 0) is 43.9 Å². The summed E-state index contributed by atoms with van der Waals surface area (Å²) in [6, 6.07) is 0.194. The number of hydrogen-bond donors (Lipinski definition) is 0. The van der Waals surface area contributed by atoms with Crippen LogP contribution >= 0.6 is 11.6 Å². The summed E-state index contributed by atoms with van der Waals surface area (Å²) in [6.45, 7) is 4.52. The first-order valence-corrected chi connectivity index (χ1v) is 8.94. The maximum absolute atomic E-state index is 12.1. The molecular weight excluding hydrogens is 270 g/mol. The SMILES string of the molecule is CN(C1CCC(C)(C)CC1)S(=O)(=O)CCCCCl. The maximum atomic E-state index is 12.1. The average Bonchev–Trinajstić information content (AvgIpc) is 2.28. The Balaban J connectivity index is 2.51. The van der Waals surface area contributed by atoms with Crippen LogP contribution in [-0.4, -0.2) is 37.4 Å². The summed E-state index contributed by atoms with van der Waals surface area (Å²) < 4.78 is 25.9. The number of unbranched alkanes of at least 4 members (excludes halogenated alkanes) is 1. The van der Waals surface area contributed by atoms with E-state index in [0.717, 1.165) is 32.1 Å². The van der Waals surface area contributed by atoms with E-state index < -0.39 is 10.0 Å². The quantitative estimate of drug-likeness (QED) is 0.557. The molecule has 108 valence electrons. The summed E-state index contributed by atoms with van der Waals surface area (Å²) in [7, 11) is -1.36. The lowest BCUT2D eigenvalue weighted by atomic mass is 9.76. The van der Waals surface area contributed by atoms with Crippen molar-refractivity contribution in [1.29, 1.82) is 0 Å². The Morgan fingerprint density at radius 3 is 2.28 bits per heavy atom. The molecule has 0 radical (unpaired) electrons. The molecule has 1 aliphatic rings. The topological polar surface area (TPSA) is 37.4 Å². The molecule has 1 saturated carbocycles. The summed E-state index contributed by atoms with van der Waals surface area (Å²) >= 11 is 5.58. The summed E-state index contributed by atoms with van der Waals surface area (Å²) in [4.78, 5) is 0. The minimum absolute atomic E-state index is 0.194. The van der Waals surface area contributed by atoms with Crippen LogP contribution in [0.4, 0.5) is 0 Å². The van der Waals surface area contributed by atoms with Gasteiger partial charge in [0.2, 0.25) is 10.0 Å². The second-order valence-electron chi connectivity index (χ2n) is 6.12. The van der Waals surface area contributed by atoms with E-state index in [1.165, 1.54) is 0 Å². The summed E-state index contributed by atoms with van der Waals surface area (Å²) in [6.07, 6.45) is 5.62. The van der Waals surface area contributed by atoms with E-state index in [2.05, 4.69) is 13.8 Å². The van der Waals surface area contributed by atoms with Crippen molar-refractivity contribution in [3.05, 3.63) is 0 Å². The minimum atomic E-state index is -3.09. The molecule has 0 atom stereocenters. The standard InChI is InChI=1S/C13H26ClNO2S/c1-13(2)8-6-12(7-9-13)15(3)18(16,17)11-5-4-10-14/h12H,4-11H2,1-3H3. The minimum Gasteiger partial charge on any atom is -0.212 e. The van der Waals surface area contributed by atoms with Gasteiger partial charge in [-0.15, -0.1) is 11.6 Å². The molecule has 0 bridgehead atoms. The van der Waals surface area contributed by atoms with Crippen LogP contribution in [-0.2, 0) is 10.0 Å². The van der Waals surface area contributed by atoms with Crippen LogP contribution in [0, 0.1) is 5.41 Å². The third-order valence-electron chi connectivity index (χ3n) is 4.05. The first kappa shape index (κ1) is 16.3. The monoisotopic (exact) mass is 295 g/mol. The molecule has 0 unspecified atom stereocenters. The van der Waals surface area contributed by atoms with Crippen LogP contribution in [0.5, 0.6) is 0 Å². The maximum Gasteiger partial charge on any atom is 0.214 e. The predicted octanol–water partition coefficient (Wildman–Crippen LogP) is 3.24. The van der Waals surface area contributed by atoms with Crippen molar-refractivity contribution in [1.82, 2.24) is 4.31 Å². The van der Waals surface area contributed by atoms with Gasteiger partial charge in [0.05, 0.1) is 5.75 Å². The molecule has 3 nitrogen and oxygen atoms in total. The Morgan fingerprint density at radius 2 is 1.78 bits per heavy atom. The second-order valence-corrected chi connectivity index (χ2v) is 8.65. The molecule has 0 aromatic carbocycles. The van der Waals surface area contributed by atoms with Gasteiger partial charge in [0, 0.05) is 19.0 Å². The van der Waals surface area contributed by atoms with Crippen molar-refractivity contribution >= 4 is 21.6 Å². The normalized spacial score (nSPS) is 21.4. The molecular formula is C13H26ClNO2S. The molecule has 0 aliphatic heterocycles. The molecule has 0 saturated heterocycles. The predicted molar refractivity (Wildman–Crippen MR) is 77.5 cm³/mol. The van der Waals surface area contributed by atoms with Crippen molar-refractivity contribution in [2.45, 2.75) is 58.4 Å². The van der Waals surface area contributed by atoms with Crippen molar-refractivity contribution < 1.29 is 8.42 Å². The molecule has 1 fully saturated rings. The van der Waals surface area contributed by atoms with Gasteiger partial charge < -0.3 is 0 Å². The largest absolute Gasteiger partial charge is 0.214 e. The van der Waals surface area contributed by atoms with Crippen LogP contribution in [0.3, 0.4) is 0 Å². The lowest BCUT2D eigenvalue weighted by Crippen LogP contribution is -2.41. The van der Waals surface area contributed by atoms with Gasteiger partial charge in [-0.2, -0.15) is 0 Å². The van der Waals surface area contributed by atoms with Gasteiger partial charge in [0.1, 0.15) is 0 Å². The highest BCUT2D eigenvalue weighted by molar-refractivity contribution is 7.89. The Kier molecular flexibility index (Phi) is 5.94. The number of alkyl halides is 1. The third-order valence-corrected chi connectivity index (χ3v) is 6.30. The molecule has 0 heterocycles. The summed E-state index contributed by atoms with van der Waals surface area (Å²) in [5.41, 5.74) is 0.375. The van der Waals surface area contributed by atoms with E-state index in [-0.39, 0.29) is 11.8 Å². The van der Waals surface area contributed by atoms with E-state index in [1.54, 1.807) is 11.4 Å². The zero-order valence-electron chi connectivity index (χ0n) is 11.8. The Morgan fingerprint density at radius 1 is 1.22 bits per heavy atom. The molecule has 0 N–H and O–H groups in total. The van der Waals surface area contributed by atoms with Gasteiger partial charge >= 0.3 is 0 Å². The Hall–Kier alpha value is 0.200. The molecule has 18 heavy (non-hydrogen) atoms. The van der Waals surface area contributed by atoms with E-state index in [0.29, 0.717) is 17.7 Å². The first-order valence-electron chi connectivity index (χ1n) is 6.80. The molecule has 0 aromatic rings.